The SMILES string of the molecule is CC(C)CCc1c(C(F)F)n(C2CCCCC2)c(=O)n1Cc1ccc(-c2ccccc2-c2nn[nH]n2)cc1. The molecule has 5 rings (SSSR count). The van der Waals surface area contributed by atoms with Crippen molar-refractivity contribution >= 4 is 0 Å². The van der Waals surface area contributed by atoms with Gasteiger partial charge in [0.15, 0.2) is 0 Å². The van der Waals surface area contributed by atoms with E-state index in [9.17, 15) is 13.6 Å². The van der Waals surface area contributed by atoms with Crippen LogP contribution in [0, 0.1) is 5.92 Å². The molecule has 1 aliphatic rings. The van der Waals surface area contributed by atoms with Crippen LogP contribution in [0.2, 0.25) is 0 Å². The van der Waals surface area contributed by atoms with Gasteiger partial charge in [0.2, 0.25) is 5.82 Å². The monoisotopic (exact) mass is 520 g/mol. The molecule has 1 aliphatic carbocycles. The number of benzene rings is 2. The van der Waals surface area contributed by atoms with E-state index in [4.69, 9.17) is 0 Å². The van der Waals surface area contributed by atoms with Crippen LogP contribution in [0.3, 0.4) is 0 Å². The van der Waals surface area contributed by atoms with Crippen LogP contribution in [0.4, 0.5) is 8.78 Å². The minimum absolute atomic E-state index is 0.0757. The van der Waals surface area contributed by atoms with Gasteiger partial charge in [-0.25, -0.2) is 13.6 Å². The van der Waals surface area contributed by atoms with E-state index in [0.29, 0.717) is 23.9 Å². The first kappa shape index (κ1) is 26.0. The second-order valence-corrected chi connectivity index (χ2v) is 10.6. The van der Waals surface area contributed by atoms with Gasteiger partial charge < -0.3 is 0 Å². The molecule has 1 fully saturated rings. The van der Waals surface area contributed by atoms with Crippen molar-refractivity contribution in [2.75, 3.05) is 0 Å². The third-order valence-corrected chi connectivity index (χ3v) is 7.54. The number of tetrazole rings is 1. The molecule has 7 nitrogen and oxygen atoms in total. The molecule has 0 amide bonds. The van der Waals surface area contributed by atoms with Gasteiger partial charge in [0, 0.05) is 17.3 Å². The first-order valence-electron chi connectivity index (χ1n) is 13.5. The zero-order chi connectivity index (χ0) is 26.6. The molecule has 38 heavy (non-hydrogen) atoms. The molecule has 4 aromatic rings. The van der Waals surface area contributed by atoms with Crippen LogP contribution in [-0.2, 0) is 13.0 Å². The number of aromatic nitrogens is 6. The number of alkyl halides is 2. The van der Waals surface area contributed by atoms with E-state index in [2.05, 4.69) is 34.5 Å². The fourth-order valence-electron chi connectivity index (χ4n) is 5.58. The fourth-order valence-corrected chi connectivity index (χ4v) is 5.58. The lowest BCUT2D eigenvalue weighted by Gasteiger charge is -2.24. The third kappa shape index (κ3) is 5.33. The summed E-state index contributed by atoms with van der Waals surface area (Å²) in [5.74, 6) is 0.857. The highest BCUT2D eigenvalue weighted by atomic mass is 19.3. The van der Waals surface area contributed by atoms with E-state index in [1.54, 1.807) is 4.57 Å². The van der Waals surface area contributed by atoms with Crippen molar-refractivity contribution in [2.45, 2.75) is 77.8 Å². The molecule has 0 atom stereocenters. The number of rotatable bonds is 9. The predicted octanol–water partition coefficient (Wildman–Crippen LogP) is 6.58. The average molecular weight is 521 g/mol. The Morgan fingerprint density at radius 1 is 1.00 bits per heavy atom. The van der Waals surface area contributed by atoms with Crippen LogP contribution in [0.15, 0.2) is 53.3 Å². The molecule has 0 saturated heterocycles. The van der Waals surface area contributed by atoms with Gasteiger partial charge in [0.05, 0.1) is 6.54 Å². The Balaban J connectivity index is 1.50. The van der Waals surface area contributed by atoms with Crippen molar-refractivity contribution in [1.82, 2.24) is 29.8 Å². The number of H-pyrrole nitrogens is 1. The van der Waals surface area contributed by atoms with Crippen LogP contribution in [0.1, 0.15) is 81.8 Å². The zero-order valence-corrected chi connectivity index (χ0v) is 21.9. The maximum atomic E-state index is 14.5. The number of hydrogen-bond donors (Lipinski definition) is 1. The number of nitrogens with zero attached hydrogens (tertiary/aromatic N) is 5. The van der Waals surface area contributed by atoms with E-state index in [1.807, 2.05) is 48.5 Å². The predicted molar refractivity (Wildman–Crippen MR) is 143 cm³/mol. The van der Waals surface area contributed by atoms with Gasteiger partial charge in [-0.05, 0) is 53.5 Å². The summed E-state index contributed by atoms with van der Waals surface area (Å²) in [4.78, 5) is 13.7. The van der Waals surface area contributed by atoms with Gasteiger partial charge in [-0.3, -0.25) is 9.13 Å². The van der Waals surface area contributed by atoms with Gasteiger partial charge in [-0.2, -0.15) is 5.21 Å². The van der Waals surface area contributed by atoms with Gasteiger partial charge in [-0.1, -0.05) is 81.6 Å². The van der Waals surface area contributed by atoms with Crippen molar-refractivity contribution in [2.24, 2.45) is 5.92 Å². The average Bonchev–Trinajstić information content (AvgIpc) is 3.56. The van der Waals surface area contributed by atoms with Crippen molar-refractivity contribution in [3.63, 3.8) is 0 Å². The van der Waals surface area contributed by atoms with Crippen molar-refractivity contribution in [1.29, 1.82) is 0 Å². The minimum Gasteiger partial charge on any atom is -0.291 e. The minimum atomic E-state index is -2.68. The molecular formula is C29H34F2N6O. The molecule has 0 radical (unpaired) electrons. The maximum Gasteiger partial charge on any atom is 0.329 e. The lowest BCUT2D eigenvalue weighted by Crippen LogP contribution is -2.30. The van der Waals surface area contributed by atoms with E-state index >= 15 is 0 Å². The Hall–Kier alpha value is -3.62. The van der Waals surface area contributed by atoms with E-state index < -0.39 is 6.43 Å². The second kappa shape index (κ2) is 11.4. The van der Waals surface area contributed by atoms with Crippen LogP contribution < -0.4 is 5.69 Å². The van der Waals surface area contributed by atoms with E-state index in [1.165, 1.54) is 4.57 Å². The summed E-state index contributed by atoms with van der Waals surface area (Å²) >= 11 is 0. The van der Waals surface area contributed by atoms with Gasteiger partial charge >= 0.3 is 5.69 Å². The van der Waals surface area contributed by atoms with E-state index in [0.717, 1.165) is 60.8 Å². The van der Waals surface area contributed by atoms with Gasteiger partial charge in [0.25, 0.3) is 6.43 Å². The quantitative estimate of drug-likeness (QED) is 0.270. The van der Waals surface area contributed by atoms with Crippen molar-refractivity contribution in [3.8, 4) is 22.5 Å². The largest absolute Gasteiger partial charge is 0.329 e. The molecule has 1 saturated carbocycles. The number of imidazole rings is 1. The third-order valence-electron chi connectivity index (χ3n) is 7.54. The molecule has 0 unspecified atom stereocenters. The Kier molecular flexibility index (Phi) is 7.81. The van der Waals surface area contributed by atoms with Crippen LogP contribution in [0.25, 0.3) is 22.5 Å². The molecule has 2 aromatic heterocycles. The van der Waals surface area contributed by atoms with Crippen molar-refractivity contribution < 1.29 is 8.78 Å². The molecule has 1 N–H and O–H groups in total. The molecule has 9 heteroatoms. The normalized spacial score (nSPS) is 14.6. The molecule has 0 bridgehead atoms. The highest BCUT2D eigenvalue weighted by Crippen LogP contribution is 2.34. The Labute approximate surface area is 220 Å². The number of aromatic amines is 1. The zero-order valence-electron chi connectivity index (χ0n) is 21.9. The molecule has 2 aromatic carbocycles. The summed E-state index contributed by atoms with van der Waals surface area (Å²) in [5.41, 5.74) is 3.77. The summed E-state index contributed by atoms with van der Waals surface area (Å²) in [7, 11) is 0. The Morgan fingerprint density at radius 2 is 1.71 bits per heavy atom. The Morgan fingerprint density at radius 3 is 2.34 bits per heavy atom. The highest BCUT2D eigenvalue weighted by Gasteiger charge is 2.30. The number of halogens is 2. The molecular weight excluding hydrogens is 486 g/mol. The van der Waals surface area contributed by atoms with E-state index in [-0.39, 0.29) is 24.0 Å². The molecule has 0 spiro atoms. The van der Waals surface area contributed by atoms with Gasteiger partial charge in [0.1, 0.15) is 5.69 Å². The lowest BCUT2D eigenvalue weighted by molar-refractivity contribution is 0.134. The van der Waals surface area contributed by atoms with Crippen LogP contribution in [-0.4, -0.2) is 29.8 Å². The van der Waals surface area contributed by atoms with Crippen LogP contribution in [0.5, 0.6) is 0 Å². The summed E-state index contributed by atoms with van der Waals surface area (Å²) in [6, 6.07) is 15.5. The lowest BCUT2D eigenvalue weighted by atomic mass is 9.95. The molecule has 2 heterocycles. The fraction of sp³-hybridized carbons (Fsp3) is 0.448. The highest BCUT2D eigenvalue weighted by molar-refractivity contribution is 5.80. The van der Waals surface area contributed by atoms with Crippen molar-refractivity contribution in [3.05, 3.63) is 76.0 Å². The number of nitrogens with one attached hydrogen (secondary N) is 1. The van der Waals surface area contributed by atoms with Crippen LogP contribution >= 0.6 is 0 Å². The smallest absolute Gasteiger partial charge is 0.291 e. The summed E-state index contributed by atoms with van der Waals surface area (Å²) < 4.78 is 32.0. The standard InChI is InChI=1S/C29H34F2N6O/c1-19(2)12-17-25-26(27(30)31)37(22-8-4-3-5-9-22)29(38)36(25)18-20-13-15-21(16-14-20)23-10-6-7-11-24(23)28-32-34-35-33-28/h6-7,10-11,13-16,19,22,27H,3-5,8-9,12,17-18H2,1-2H3,(H,32,33,34,35). The summed E-state index contributed by atoms with van der Waals surface area (Å²) in [5, 5.41) is 14.4. The molecule has 200 valence electrons. The first-order valence-corrected chi connectivity index (χ1v) is 13.5. The maximum absolute atomic E-state index is 14.5. The Bertz CT molecular complexity index is 1400. The summed E-state index contributed by atoms with van der Waals surface area (Å²) in [6.45, 7) is 4.42. The second-order valence-electron chi connectivity index (χ2n) is 10.6. The summed E-state index contributed by atoms with van der Waals surface area (Å²) in [6.07, 6.45) is 3.12. The first-order chi connectivity index (χ1) is 18.4. The molecule has 0 aliphatic heterocycles. The number of hydrogen-bond acceptors (Lipinski definition) is 4. The van der Waals surface area contributed by atoms with Gasteiger partial charge in [-0.15, -0.1) is 10.2 Å². The topological polar surface area (TPSA) is 81.4 Å².